The summed E-state index contributed by atoms with van der Waals surface area (Å²) < 4.78 is 26.1. The lowest BCUT2D eigenvalue weighted by molar-refractivity contribution is 0.0807. The minimum Gasteiger partial charge on any atom is -0.388 e. The van der Waals surface area contributed by atoms with Gasteiger partial charge in [0.15, 0.2) is 0 Å². The number of nitrogens with two attached hydrogens (primary N) is 1. The topological polar surface area (TPSA) is 38.4 Å². The highest BCUT2D eigenvalue weighted by molar-refractivity contribution is 7.80. The highest BCUT2D eigenvalue weighted by atomic mass is 32.1. The number of thiocarbonyl (C=S) groups is 1. The molecule has 0 rings (SSSR count). The maximum atomic E-state index is 13.1. The van der Waals surface area contributed by atoms with Gasteiger partial charge < -0.3 is 5.73 Å². The lowest BCUT2D eigenvalue weighted by Gasteiger charge is -2.15. The summed E-state index contributed by atoms with van der Waals surface area (Å²) in [6.45, 7) is 8.22. The van der Waals surface area contributed by atoms with Crippen LogP contribution in [0.1, 0.15) is 13.3 Å². The number of allylic oxidation sites excluding steroid dienone is 3. The zero-order chi connectivity index (χ0) is 11.4. The van der Waals surface area contributed by atoms with Crippen LogP contribution in [0.15, 0.2) is 28.9 Å². The molecule has 0 aliphatic heterocycles. The molecule has 0 unspecified atom stereocenters. The second kappa shape index (κ2) is 4.95. The molecule has 14 heavy (non-hydrogen) atoms. The molecule has 0 saturated carbocycles. The van der Waals surface area contributed by atoms with Crippen LogP contribution in [0.25, 0.3) is 0 Å². The third-order valence-electron chi connectivity index (χ3n) is 1.72. The van der Waals surface area contributed by atoms with Crippen LogP contribution >= 0.6 is 12.2 Å². The summed E-state index contributed by atoms with van der Waals surface area (Å²) >= 11 is 4.25. The molecule has 0 aromatic heterocycles. The minimum atomic E-state index is -3.20. The molecule has 2 N–H and O–H groups in total. The first-order chi connectivity index (χ1) is 6.35. The predicted octanol–water partition coefficient (Wildman–Crippen LogP) is 2.46. The second-order valence-electron chi connectivity index (χ2n) is 2.72. The standard InChI is InChI=1S/C9H12F2N2S/c1-4-7(6(2)13-3)5-9(10,11)8(12)14/h4H,1,3,5H2,2H3,(H2,12,14)/b7-6+. The highest BCUT2D eigenvalue weighted by Gasteiger charge is 2.33. The van der Waals surface area contributed by atoms with Gasteiger partial charge in [-0.25, -0.2) is 0 Å². The normalized spacial score (nSPS) is 13.1. The van der Waals surface area contributed by atoms with Crippen molar-refractivity contribution in [1.29, 1.82) is 0 Å². The Morgan fingerprint density at radius 1 is 1.64 bits per heavy atom. The minimum absolute atomic E-state index is 0.290. The number of hydrogen-bond acceptors (Lipinski definition) is 2. The number of rotatable bonds is 5. The van der Waals surface area contributed by atoms with Crippen LogP contribution in [0.4, 0.5) is 8.78 Å². The summed E-state index contributed by atoms with van der Waals surface area (Å²) in [5.74, 6) is -3.20. The lowest BCUT2D eigenvalue weighted by Crippen LogP contribution is -2.34. The summed E-state index contributed by atoms with van der Waals surface area (Å²) in [7, 11) is 0. The largest absolute Gasteiger partial charge is 0.388 e. The summed E-state index contributed by atoms with van der Waals surface area (Å²) in [4.78, 5) is 2.72. The van der Waals surface area contributed by atoms with E-state index < -0.39 is 17.3 Å². The first-order valence-corrected chi connectivity index (χ1v) is 4.22. The van der Waals surface area contributed by atoms with E-state index >= 15 is 0 Å². The monoisotopic (exact) mass is 218 g/mol. The van der Waals surface area contributed by atoms with E-state index in [0.717, 1.165) is 0 Å². The van der Waals surface area contributed by atoms with Crippen molar-refractivity contribution in [1.82, 2.24) is 0 Å². The van der Waals surface area contributed by atoms with Gasteiger partial charge in [-0.2, -0.15) is 8.78 Å². The number of aliphatic imine (C=N–C) groups is 1. The molecule has 0 fully saturated rings. The molecular formula is C9H12F2N2S. The Bertz CT molecular complexity index is 295. The fourth-order valence-corrected chi connectivity index (χ4v) is 0.848. The third kappa shape index (κ3) is 3.33. The third-order valence-corrected chi connectivity index (χ3v) is 2.02. The van der Waals surface area contributed by atoms with Crippen molar-refractivity contribution in [2.45, 2.75) is 19.3 Å². The quantitative estimate of drug-likeness (QED) is 0.437. The van der Waals surface area contributed by atoms with Crippen LogP contribution in [0, 0.1) is 0 Å². The summed E-state index contributed by atoms with van der Waals surface area (Å²) in [6, 6.07) is 0. The molecule has 78 valence electrons. The average Bonchev–Trinajstić information content (AvgIpc) is 2.12. The predicted molar refractivity (Wildman–Crippen MR) is 58.8 cm³/mol. The van der Waals surface area contributed by atoms with Gasteiger partial charge in [0.05, 0.1) is 0 Å². The van der Waals surface area contributed by atoms with Crippen molar-refractivity contribution in [2.75, 3.05) is 0 Å². The molecule has 0 aromatic carbocycles. The van der Waals surface area contributed by atoms with Gasteiger partial charge in [0.2, 0.25) is 0 Å². The molecule has 0 heterocycles. The van der Waals surface area contributed by atoms with Gasteiger partial charge in [-0.15, -0.1) is 0 Å². The Labute approximate surface area is 87.2 Å². The SMILES string of the molecule is C=C/C(CC(F)(F)C(N)=S)=C(/C)N=C. The van der Waals surface area contributed by atoms with E-state index in [9.17, 15) is 8.78 Å². The molecule has 0 aliphatic rings. The van der Waals surface area contributed by atoms with Crippen LogP contribution in [0.2, 0.25) is 0 Å². The van der Waals surface area contributed by atoms with Gasteiger partial charge in [0.1, 0.15) is 4.99 Å². The van der Waals surface area contributed by atoms with Crippen LogP contribution in [0.3, 0.4) is 0 Å². The molecule has 0 amide bonds. The molecule has 0 bridgehead atoms. The molecule has 2 nitrogen and oxygen atoms in total. The van der Waals surface area contributed by atoms with E-state index in [1.54, 1.807) is 6.92 Å². The molecule has 0 atom stereocenters. The Balaban J connectivity index is 4.89. The van der Waals surface area contributed by atoms with Gasteiger partial charge in [-0.05, 0) is 19.2 Å². The number of hydrogen-bond donors (Lipinski definition) is 1. The summed E-state index contributed by atoms with van der Waals surface area (Å²) in [5.41, 5.74) is 5.58. The second-order valence-corrected chi connectivity index (χ2v) is 3.16. The number of alkyl halides is 2. The van der Waals surface area contributed by atoms with Crippen molar-refractivity contribution < 1.29 is 8.78 Å². The van der Waals surface area contributed by atoms with Crippen LogP contribution in [-0.4, -0.2) is 17.6 Å². The van der Waals surface area contributed by atoms with Crippen LogP contribution in [-0.2, 0) is 0 Å². The van der Waals surface area contributed by atoms with Gasteiger partial charge in [-0.1, -0.05) is 24.9 Å². The maximum absolute atomic E-state index is 13.1. The first-order valence-electron chi connectivity index (χ1n) is 3.81. The zero-order valence-electron chi connectivity index (χ0n) is 7.89. The van der Waals surface area contributed by atoms with Crippen molar-refractivity contribution >= 4 is 23.9 Å². The maximum Gasteiger partial charge on any atom is 0.301 e. The Morgan fingerprint density at radius 2 is 2.14 bits per heavy atom. The van der Waals surface area contributed by atoms with Gasteiger partial charge >= 0.3 is 5.92 Å². The number of nitrogens with zero attached hydrogens (tertiary/aromatic N) is 1. The van der Waals surface area contributed by atoms with Crippen LogP contribution in [0.5, 0.6) is 0 Å². The number of halogens is 2. The molecule has 0 aromatic rings. The van der Waals surface area contributed by atoms with Crippen molar-refractivity contribution in [2.24, 2.45) is 10.7 Å². The lowest BCUT2D eigenvalue weighted by atomic mass is 10.1. The van der Waals surface area contributed by atoms with E-state index in [0.29, 0.717) is 5.70 Å². The summed E-state index contributed by atoms with van der Waals surface area (Å²) in [6.07, 6.45) is 0.715. The first kappa shape index (κ1) is 12.9. The molecular weight excluding hydrogens is 206 g/mol. The molecule has 0 spiro atoms. The van der Waals surface area contributed by atoms with Gasteiger partial charge in [-0.3, -0.25) is 4.99 Å². The Kier molecular flexibility index (Phi) is 4.56. The van der Waals surface area contributed by atoms with Gasteiger partial charge in [0.25, 0.3) is 0 Å². The molecule has 0 aliphatic carbocycles. The fraction of sp³-hybridized carbons (Fsp3) is 0.333. The van der Waals surface area contributed by atoms with Crippen LogP contribution < -0.4 is 5.73 Å². The molecule has 0 radical (unpaired) electrons. The zero-order valence-corrected chi connectivity index (χ0v) is 8.70. The Morgan fingerprint density at radius 3 is 2.43 bits per heavy atom. The highest BCUT2D eigenvalue weighted by Crippen LogP contribution is 2.26. The fourth-order valence-electron chi connectivity index (χ4n) is 0.776. The van der Waals surface area contributed by atoms with Crippen molar-refractivity contribution in [3.63, 3.8) is 0 Å². The van der Waals surface area contributed by atoms with E-state index in [1.165, 1.54) is 6.08 Å². The summed E-state index contributed by atoms with van der Waals surface area (Å²) in [5, 5.41) is 0. The van der Waals surface area contributed by atoms with E-state index in [2.05, 4.69) is 30.5 Å². The van der Waals surface area contributed by atoms with Crippen molar-refractivity contribution in [3.05, 3.63) is 23.9 Å². The molecule has 5 heteroatoms. The smallest absolute Gasteiger partial charge is 0.301 e. The van der Waals surface area contributed by atoms with E-state index in [-0.39, 0.29) is 5.57 Å². The van der Waals surface area contributed by atoms with Gasteiger partial charge in [0, 0.05) is 12.1 Å². The Hall–Kier alpha value is -1.10. The average molecular weight is 218 g/mol. The molecule has 0 saturated heterocycles. The van der Waals surface area contributed by atoms with Crippen molar-refractivity contribution in [3.8, 4) is 0 Å². The van der Waals surface area contributed by atoms with E-state index in [4.69, 9.17) is 5.73 Å². The van der Waals surface area contributed by atoms with E-state index in [1.807, 2.05) is 0 Å².